The lowest BCUT2D eigenvalue weighted by molar-refractivity contribution is 0.372. The average molecular weight is 285 g/mol. The van der Waals surface area contributed by atoms with Crippen LogP contribution in [0.15, 0.2) is 33.9 Å². The Bertz CT molecular complexity index is 617. The van der Waals surface area contributed by atoms with Gasteiger partial charge in [-0.1, -0.05) is 11.6 Å². The van der Waals surface area contributed by atoms with Gasteiger partial charge in [-0.05, 0) is 31.3 Å². The Hall–Kier alpha value is -2.12. The van der Waals surface area contributed by atoms with Crippen LogP contribution in [0.4, 0.5) is 0 Å². The van der Waals surface area contributed by atoms with Crippen LogP contribution < -0.4 is 21.9 Å². The number of rotatable bonds is 2. The summed E-state index contributed by atoms with van der Waals surface area (Å²) in [6, 6.07) is 6.13. The molecule has 0 radical (unpaired) electrons. The first-order chi connectivity index (χ1) is 9.11. The summed E-state index contributed by atoms with van der Waals surface area (Å²) in [5.74, 6) is 0. The van der Waals surface area contributed by atoms with Crippen molar-refractivity contribution in [3.8, 4) is 11.7 Å². The van der Waals surface area contributed by atoms with Gasteiger partial charge in [0.05, 0.1) is 12.8 Å². The third-order valence-electron chi connectivity index (χ3n) is 2.08. The summed E-state index contributed by atoms with van der Waals surface area (Å²) in [5, 5.41) is 0.514. The van der Waals surface area contributed by atoms with Gasteiger partial charge >= 0.3 is 17.4 Å². The minimum absolute atomic E-state index is 0.120. The van der Waals surface area contributed by atoms with Gasteiger partial charge in [0.2, 0.25) is 0 Å². The Morgan fingerprint density at radius 2 is 1.84 bits per heavy atom. The normalized spacial score (nSPS) is 9.47. The molecule has 19 heavy (non-hydrogen) atoms. The second-order valence-corrected chi connectivity index (χ2v) is 3.58. The second kappa shape index (κ2) is 6.72. The lowest BCUT2D eigenvalue weighted by atomic mass is 10.3. The van der Waals surface area contributed by atoms with Crippen LogP contribution in [0.2, 0.25) is 5.02 Å². The summed E-state index contributed by atoms with van der Waals surface area (Å²) in [7, 11) is 2.81. The standard InChI is InChI=1S/C10H8ClN3O3.CH5N/c1-17-8-12-9(15)14(10(16)13-8)7-4-2-6(11)3-5-7;1-2/h2-5H,1H3,(H,12,13,15,16);2H2,1H3. The summed E-state index contributed by atoms with van der Waals surface area (Å²) in [6.45, 7) is 0. The predicted molar refractivity (Wildman–Crippen MR) is 72.1 cm³/mol. The van der Waals surface area contributed by atoms with Crippen molar-refractivity contribution in [3.63, 3.8) is 0 Å². The van der Waals surface area contributed by atoms with E-state index in [9.17, 15) is 9.59 Å². The monoisotopic (exact) mass is 284 g/mol. The Kier molecular flexibility index (Phi) is 5.28. The van der Waals surface area contributed by atoms with Gasteiger partial charge in [0.15, 0.2) is 0 Å². The second-order valence-electron chi connectivity index (χ2n) is 3.15. The van der Waals surface area contributed by atoms with Gasteiger partial charge in [-0.3, -0.25) is 4.98 Å². The first-order valence-corrected chi connectivity index (χ1v) is 5.60. The maximum absolute atomic E-state index is 11.7. The largest absolute Gasteiger partial charge is 0.468 e. The smallest absolute Gasteiger partial charge is 0.360 e. The topological polar surface area (TPSA) is 103 Å². The zero-order valence-electron chi connectivity index (χ0n) is 10.4. The van der Waals surface area contributed by atoms with E-state index in [0.717, 1.165) is 4.57 Å². The number of H-pyrrole nitrogens is 1. The number of nitrogens with zero attached hydrogens (tertiary/aromatic N) is 2. The van der Waals surface area contributed by atoms with Crippen molar-refractivity contribution in [2.75, 3.05) is 14.2 Å². The zero-order chi connectivity index (χ0) is 14.4. The fraction of sp³-hybridized carbons (Fsp3) is 0.182. The molecule has 0 aliphatic rings. The van der Waals surface area contributed by atoms with E-state index in [2.05, 4.69) is 20.4 Å². The third kappa shape index (κ3) is 3.43. The molecule has 1 aromatic carbocycles. The molecule has 2 rings (SSSR count). The van der Waals surface area contributed by atoms with Crippen LogP contribution in [0, 0.1) is 0 Å². The van der Waals surface area contributed by atoms with E-state index in [1.807, 2.05) is 0 Å². The molecular formula is C11H13ClN4O3. The number of hydrogen-bond acceptors (Lipinski definition) is 5. The van der Waals surface area contributed by atoms with Crippen LogP contribution in [-0.2, 0) is 0 Å². The predicted octanol–water partition coefficient (Wildman–Crippen LogP) is 0.158. The third-order valence-corrected chi connectivity index (χ3v) is 2.34. The molecule has 0 fully saturated rings. The maximum atomic E-state index is 11.7. The van der Waals surface area contributed by atoms with E-state index in [4.69, 9.17) is 11.6 Å². The Morgan fingerprint density at radius 3 is 2.32 bits per heavy atom. The molecule has 8 heteroatoms. The van der Waals surface area contributed by atoms with Crippen molar-refractivity contribution < 1.29 is 4.74 Å². The molecule has 102 valence electrons. The van der Waals surface area contributed by atoms with Gasteiger partial charge in [-0.2, -0.15) is 0 Å². The van der Waals surface area contributed by atoms with Crippen molar-refractivity contribution in [2.24, 2.45) is 5.73 Å². The summed E-state index contributed by atoms with van der Waals surface area (Å²) < 4.78 is 5.57. The van der Waals surface area contributed by atoms with E-state index in [0.29, 0.717) is 10.7 Å². The Balaban J connectivity index is 0.000000861. The molecule has 1 aromatic heterocycles. The van der Waals surface area contributed by atoms with Gasteiger partial charge < -0.3 is 10.5 Å². The molecule has 0 atom stereocenters. The number of nitrogens with two attached hydrogens (primary N) is 1. The van der Waals surface area contributed by atoms with Crippen LogP contribution in [-0.4, -0.2) is 28.7 Å². The first kappa shape index (κ1) is 14.9. The number of ether oxygens (including phenoxy) is 1. The number of benzene rings is 1. The molecule has 1 heterocycles. The highest BCUT2D eigenvalue weighted by Crippen LogP contribution is 2.10. The molecule has 0 aliphatic heterocycles. The molecule has 0 amide bonds. The van der Waals surface area contributed by atoms with Crippen molar-refractivity contribution in [3.05, 3.63) is 50.3 Å². The zero-order valence-corrected chi connectivity index (χ0v) is 11.1. The fourth-order valence-corrected chi connectivity index (χ4v) is 1.44. The van der Waals surface area contributed by atoms with Crippen LogP contribution >= 0.6 is 11.6 Å². The number of nitrogens with one attached hydrogen (secondary N) is 1. The molecule has 0 saturated heterocycles. The number of aromatic amines is 1. The molecule has 0 bridgehead atoms. The maximum Gasteiger partial charge on any atom is 0.360 e. The molecule has 0 saturated carbocycles. The molecule has 7 nitrogen and oxygen atoms in total. The molecule has 2 aromatic rings. The first-order valence-electron chi connectivity index (χ1n) is 5.23. The Labute approximate surface area is 113 Å². The fourth-order valence-electron chi connectivity index (χ4n) is 1.31. The van der Waals surface area contributed by atoms with Crippen molar-refractivity contribution in [1.82, 2.24) is 14.5 Å². The quantitative estimate of drug-likeness (QED) is 0.817. The van der Waals surface area contributed by atoms with Crippen LogP contribution in [0.5, 0.6) is 6.01 Å². The van der Waals surface area contributed by atoms with E-state index in [1.165, 1.54) is 14.2 Å². The minimum atomic E-state index is -0.715. The molecular weight excluding hydrogens is 272 g/mol. The summed E-state index contributed by atoms with van der Waals surface area (Å²) in [5.41, 5.74) is 3.55. The van der Waals surface area contributed by atoms with E-state index >= 15 is 0 Å². The van der Waals surface area contributed by atoms with Crippen molar-refractivity contribution >= 4 is 11.6 Å². The van der Waals surface area contributed by atoms with Crippen LogP contribution in [0.1, 0.15) is 0 Å². The molecule has 0 spiro atoms. The van der Waals surface area contributed by atoms with E-state index < -0.39 is 11.4 Å². The molecule has 0 aliphatic carbocycles. The number of aromatic nitrogens is 3. The summed E-state index contributed by atoms with van der Waals surface area (Å²) in [6.07, 6.45) is 0. The highest BCUT2D eigenvalue weighted by atomic mass is 35.5. The van der Waals surface area contributed by atoms with Crippen molar-refractivity contribution in [1.29, 1.82) is 0 Å². The Morgan fingerprint density at radius 1 is 1.26 bits per heavy atom. The van der Waals surface area contributed by atoms with Gasteiger partial charge in [-0.15, -0.1) is 4.98 Å². The van der Waals surface area contributed by atoms with E-state index in [-0.39, 0.29) is 6.01 Å². The highest BCUT2D eigenvalue weighted by molar-refractivity contribution is 6.30. The van der Waals surface area contributed by atoms with Gasteiger partial charge in [-0.25, -0.2) is 14.2 Å². The molecule has 3 N–H and O–H groups in total. The van der Waals surface area contributed by atoms with E-state index in [1.54, 1.807) is 24.3 Å². The lowest BCUT2D eigenvalue weighted by Crippen LogP contribution is -2.35. The number of methoxy groups -OCH3 is 1. The van der Waals surface area contributed by atoms with Gasteiger partial charge in [0.1, 0.15) is 0 Å². The van der Waals surface area contributed by atoms with Crippen molar-refractivity contribution in [2.45, 2.75) is 0 Å². The van der Waals surface area contributed by atoms with Gasteiger partial charge in [0.25, 0.3) is 0 Å². The number of hydrogen-bond donors (Lipinski definition) is 2. The lowest BCUT2D eigenvalue weighted by Gasteiger charge is -2.04. The average Bonchev–Trinajstić information content (AvgIpc) is 2.42. The minimum Gasteiger partial charge on any atom is -0.468 e. The van der Waals surface area contributed by atoms with Crippen LogP contribution in [0.3, 0.4) is 0 Å². The number of halogens is 1. The van der Waals surface area contributed by atoms with Gasteiger partial charge in [0, 0.05) is 5.02 Å². The highest BCUT2D eigenvalue weighted by Gasteiger charge is 2.07. The summed E-state index contributed by atoms with van der Waals surface area (Å²) >= 11 is 5.72. The SMILES string of the molecule is CN.COc1nc(=O)n(-c2ccc(Cl)cc2)c(=O)[nH]1. The summed E-state index contributed by atoms with van der Waals surface area (Å²) in [4.78, 5) is 29.2. The molecule has 0 unspecified atom stereocenters. The van der Waals surface area contributed by atoms with Crippen LogP contribution in [0.25, 0.3) is 5.69 Å².